The topological polar surface area (TPSA) is 77.8 Å². The van der Waals surface area contributed by atoms with Crippen LogP contribution in [0.3, 0.4) is 0 Å². The maximum absolute atomic E-state index is 13.5. The van der Waals surface area contributed by atoms with Crippen LogP contribution >= 0.6 is 11.6 Å². The number of methoxy groups -OCH3 is 1. The predicted molar refractivity (Wildman–Crippen MR) is 187 cm³/mol. The standard InChI is InChI=1S/C40H36ClNO5/c1-3-4-13-34-38(32-12-8-9-14-33(32)46-34)39(43)42-25-27-15-21-31-29(23-27)18-22-35(37(31)28-16-19-30(41)20-17-28)47-36(40(44)45-2)24-26-10-6-5-7-11-26/h5-12,14-23,36H,3-4,13,24-25H2,1-2H3,(H,42,43). The molecule has 47 heavy (non-hydrogen) atoms. The van der Waals surface area contributed by atoms with E-state index in [4.69, 9.17) is 25.5 Å². The Bertz CT molecular complexity index is 2020. The lowest BCUT2D eigenvalue weighted by molar-refractivity contribution is -0.148. The third-order valence-electron chi connectivity index (χ3n) is 8.28. The molecule has 1 amide bonds. The minimum atomic E-state index is -0.846. The summed E-state index contributed by atoms with van der Waals surface area (Å²) in [5.41, 5.74) is 4.97. The molecule has 0 saturated carbocycles. The van der Waals surface area contributed by atoms with Crippen molar-refractivity contribution in [1.82, 2.24) is 5.32 Å². The van der Waals surface area contributed by atoms with E-state index in [1.54, 1.807) is 0 Å². The van der Waals surface area contributed by atoms with Gasteiger partial charge in [-0.15, -0.1) is 0 Å². The number of para-hydroxylation sites is 1. The van der Waals surface area contributed by atoms with Crippen molar-refractivity contribution in [1.29, 1.82) is 0 Å². The SMILES string of the molecule is CCCCc1oc2ccccc2c1C(=O)NCc1ccc2c(-c3ccc(Cl)cc3)c(OC(Cc3ccccc3)C(=O)OC)ccc2c1. The van der Waals surface area contributed by atoms with Crippen molar-refractivity contribution in [3.63, 3.8) is 0 Å². The van der Waals surface area contributed by atoms with Crippen molar-refractivity contribution >= 4 is 45.2 Å². The Labute approximate surface area is 279 Å². The molecule has 0 bridgehead atoms. The summed E-state index contributed by atoms with van der Waals surface area (Å²) >= 11 is 6.24. The molecule has 6 aromatic rings. The molecule has 5 aromatic carbocycles. The quantitative estimate of drug-likeness (QED) is 0.134. The second-order valence-corrected chi connectivity index (χ2v) is 11.9. The van der Waals surface area contributed by atoms with Crippen molar-refractivity contribution in [3.05, 3.63) is 137 Å². The summed E-state index contributed by atoms with van der Waals surface area (Å²) < 4.78 is 17.6. The van der Waals surface area contributed by atoms with Crippen LogP contribution < -0.4 is 10.1 Å². The maximum atomic E-state index is 13.5. The Morgan fingerprint density at radius 1 is 0.851 bits per heavy atom. The summed E-state index contributed by atoms with van der Waals surface area (Å²) in [6.45, 7) is 2.47. The van der Waals surface area contributed by atoms with Crippen LogP contribution in [0.2, 0.25) is 5.02 Å². The molecule has 7 heteroatoms. The van der Waals surface area contributed by atoms with Gasteiger partial charge in [-0.25, -0.2) is 4.79 Å². The maximum Gasteiger partial charge on any atom is 0.347 e. The third-order valence-corrected chi connectivity index (χ3v) is 8.53. The van der Waals surface area contributed by atoms with Gasteiger partial charge in [0, 0.05) is 35.4 Å². The van der Waals surface area contributed by atoms with Crippen LogP contribution in [0, 0.1) is 0 Å². The van der Waals surface area contributed by atoms with E-state index < -0.39 is 12.1 Å². The van der Waals surface area contributed by atoms with Crippen molar-refractivity contribution in [3.8, 4) is 16.9 Å². The molecule has 6 rings (SSSR count). The Balaban J connectivity index is 1.31. The summed E-state index contributed by atoms with van der Waals surface area (Å²) in [6.07, 6.45) is 2.18. The molecule has 238 valence electrons. The van der Waals surface area contributed by atoms with Gasteiger partial charge in [0.25, 0.3) is 5.91 Å². The van der Waals surface area contributed by atoms with Crippen molar-refractivity contribution in [2.45, 2.75) is 45.3 Å². The van der Waals surface area contributed by atoms with E-state index in [2.05, 4.69) is 18.3 Å². The van der Waals surface area contributed by atoms with Gasteiger partial charge in [-0.2, -0.15) is 0 Å². The molecule has 1 N–H and O–H groups in total. The molecular weight excluding hydrogens is 610 g/mol. The molecule has 0 radical (unpaired) electrons. The minimum absolute atomic E-state index is 0.154. The number of halogens is 1. The number of carbonyl (C=O) groups excluding carboxylic acids is 2. The van der Waals surface area contributed by atoms with Crippen LogP contribution in [0.4, 0.5) is 0 Å². The molecule has 0 fully saturated rings. The molecule has 0 aliphatic heterocycles. The summed E-state index contributed by atoms with van der Waals surface area (Å²) in [7, 11) is 1.37. The largest absolute Gasteiger partial charge is 0.478 e. The molecule has 6 nitrogen and oxygen atoms in total. The first-order chi connectivity index (χ1) is 22.9. The number of fused-ring (bicyclic) bond motifs is 2. The first kappa shape index (κ1) is 31.9. The van der Waals surface area contributed by atoms with E-state index in [0.29, 0.717) is 35.7 Å². The Hall–Kier alpha value is -5.07. The van der Waals surface area contributed by atoms with Crippen molar-refractivity contribution in [2.75, 3.05) is 7.11 Å². The highest BCUT2D eigenvalue weighted by Crippen LogP contribution is 2.39. The zero-order chi connectivity index (χ0) is 32.8. The molecule has 1 atom stereocenters. The van der Waals surface area contributed by atoms with Gasteiger partial charge >= 0.3 is 5.97 Å². The van der Waals surface area contributed by atoms with Gasteiger partial charge in [-0.1, -0.05) is 104 Å². The smallest absolute Gasteiger partial charge is 0.347 e. The number of aryl methyl sites for hydroxylation is 1. The van der Waals surface area contributed by atoms with E-state index in [9.17, 15) is 9.59 Å². The Kier molecular flexibility index (Phi) is 9.89. The van der Waals surface area contributed by atoms with E-state index in [1.165, 1.54) is 7.11 Å². The second-order valence-electron chi connectivity index (χ2n) is 11.5. The molecule has 0 spiro atoms. The fraction of sp³-hybridized carbons (Fsp3) is 0.200. The highest BCUT2D eigenvalue weighted by molar-refractivity contribution is 6.30. The number of rotatable bonds is 12. The number of hydrogen-bond acceptors (Lipinski definition) is 5. The summed E-state index contributed by atoms with van der Waals surface area (Å²) in [4.78, 5) is 26.4. The fourth-order valence-corrected chi connectivity index (χ4v) is 6.02. The van der Waals surface area contributed by atoms with Gasteiger partial charge in [0.05, 0.1) is 12.7 Å². The van der Waals surface area contributed by atoms with Crippen LogP contribution in [0.5, 0.6) is 5.75 Å². The molecule has 0 aliphatic rings. The lowest BCUT2D eigenvalue weighted by Gasteiger charge is -2.21. The van der Waals surface area contributed by atoms with Gasteiger partial charge in [0.1, 0.15) is 17.1 Å². The zero-order valence-electron chi connectivity index (χ0n) is 26.4. The number of benzene rings is 5. The number of furan rings is 1. The number of ether oxygens (including phenoxy) is 2. The summed E-state index contributed by atoms with van der Waals surface area (Å²) in [5.74, 6) is 0.671. The van der Waals surface area contributed by atoms with Crippen molar-refractivity contribution < 1.29 is 23.5 Å². The lowest BCUT2D eigenvalue weighted by Crippen LogP contribution is -2.31. The highest BCUT2D eigenvalue weighted by Gasteiger charge is 2.25. The number of hydrogen-bond donors (Lipinski definition) is 1. The molecular formula is C40H36ClNO5. The van der Waals surface area contributed by atoms with Crippen LogP contribution in [0.1, 0.15) is 47.0 Å². The molecule has 1 heterocycles. The Morgan fingerprint density at radius 3 is 2.38 bits per heavy atom. The van der Waals surface area contributed by atoms with Crippen LogP contribution in [0.25, 0.3) is 32.9 Å². The number of unbranched alkanes of at least 4 members (excludes halogenated alkanes) is 1. The first-order valence-electron chi connectivity index (χ1n) is 15.8. The average molecular weight is 646 g/mol. The van der Waals surface area contributed by atoms with E-state index in [-0.39, 0.29) is 5.91 Å². The zero-order valence-corrected chi connectivity index (χ0v) is 27.2. The molecule has 1 aromatic heterocycles. The lowest BCUT2D eigenvalue weighted by atomic mass is 9.95. The number of carbonyl (C=O) groups is 2. The van der Waals surface area contributed by atoms with E-state index in [1.807, 2.05) is 103 Å². The second kappa shape index (κ2) is 14.6. The third kappa shape index (κ3) is 7.18. The van der Waals surface area contributed by atoms with Crippen LogP contribution in [0.15, 0.2) is 114 Å². The number of nitrogens with one attached hydrogen (secondary N) is 1. The predicted octanol–water partition coefficient (Wildman–Crippen LogP) is 9.34. The monoisotopic (exact) mass is 645 g/mol. The van der Waals surface area contributed by atoms with E-state index in [0.717, 1.165) is 62.6 Å². The van der Waals surface area contributed by atoms with Crippen molar-refractivity contribution in [2.24, 2.45) is 0 Å². The fourth-order valence-electron chi connectivity index (χ4n) is 5.90. The minimum Gasteiger partial charge on any atom is -0.478 e. The highest BCUT2D eigenvalue weighted by atomic mass is 35.5. The van der Waals surface area contributed by atoms with Crippen LogP contribution in [-0.4, -0.2) is 25.1 Å². The van der Waals surface area contributed by atoms with Gasteiger partial charge in [0.15, 0.2) is 6.10 Å². The summed E-state index contributed by atoms with van der Waals surface area (Å²) in [5, 5.41) is 6.46. The van der Waals surface area contributed by atoms with E-state index >= 15 is 0 Å². The number of amides is 1. The normalized spacial score (nSPS) is 11.8. The Morgan fingerprint density at radius 2 is 1.62 bits per heavy atom. The average Bonchev–Trinajstić information content (AvgIpc) is 3.48. The molecule has 0 saturated heterocycles. The van der Waals surface area contributed by atoms with Gasteiger partial charge in [0.2, 0.25) is 0 Å². The molecule has 1 unspecified atom stereocenters. The van der Waals surface area contributed by atoms with Gasteiger partial charge in [-0.3, -0.25) is 4.79 Å². The number of esters is 1. The first-order valence-corrected chi connectivity index (χ1v) is 16.2. The van der Waals surface area contributed by atoms with Crippen LogP contribution in [-0.2, 0) is 28.9 Å². The van der Waals surface area contributed by atoms with Gasteiger partial charge in [-0.05, 0) is 64.2 Å². The van der Waals surface area contributed by atoms with Gasteiger partial charge < -0.3 is 19.2 Å². The molecule has 0 aliphatic carbocycles. The summed E-state index contributed by atoms with van der Waals surface area (Å²) in [6, 6.07) is 34.9.